The smallest absolute Gasteiger partial charge is 0.358 e. The Hall–Kier alpha value is -1.24. The zero-order chi connectivity index (χ0) is 12.3. The van der Waals surface area contributed by atoms with Crippen molar-refractivity contribution in [2.45, 2.75) is 13.8 Å². The van der Waals surface area contributed by atoms with Crippen molar-refractivity contribution in [3.63, 3.8) is 0 Å². The molecule has 1 N–H and O–H groups in total. The Morgan fingerprint density at radius 3 is 2.44 bits per heavy atom. The fourth-order valence-electron chi connectivity index (χ4n) is 1.14. The summed E-state index contributed by atoms with van der Waals surface area (Å²) in [6, 6.07) is 5.38. The number of nitrogens with zero attached hydrogens (tertiary/aromatic N) is 1. The van der Waals surface area contributed by atoms with E-state index in [2.05, 4.69) is 27.6 Å². The van der Waals surface area contributed by atoms with E-state index < -0.39 is 17.5 Å². The van der Waals surface area contributed by atoms with Crippen LogP contribution < -0.4 is 0 Å². The Morgan fingerprint density at radius 2 is 2.00 bits per heavy atom. The molecule has 0 atom stereocenters. The molecule has 0 saturated heterocycles. The molecule has 0 fully saturated rings. The van der Waals surface area contributed by atoms with E-state index in [0.29, 0.717) is 5.69 Å². The molecule has 0 heterocycles. The summed E-state index contributed by atoms with van der Waals surface area (Å²) in [6.07, 6.45) is 0. The lowest BCUT2D eigenvalue weighted by Crippen LogP contribution is -2.20. The molecule has 5 heteroatoms. The molecule has 1 rings (SSSR count). The van der Waals surface area contributed by atoms with Crippen LogP contribution in [0.4, 0.5) is 5.69 Å². The van der Waals surface area contributed by atoms with E-state index in [1.165, 1.54) is 6.92 Å². The number of aliphatic imine (C=N–C) groups is 1. The van der Waals surface area contributed by atoms with Crippen molar-refractivity contribution in [2.75, 3.05) is 0 Å². The molecule has 0 saturated carbocycles. The highest BCUT2D eigenvalue weighted by Crippen LogP contribution is 2.21. The van der Waals surface area contributed by atoms with E-state index in [0.717, 1.165) is 9.13 Å². The molecular weight excluding hydrogens is 321 g/mol. The zero-order valence-corrected chi connectivity index (χ0v) is 11.0. The third kappa shape index (κ3) is 3.13. The number of carboxylic acid groups (broad SMARTS) is 1. The Morgan fingerprint density at radius 1 is 1.38 bits per heavy atom. The van der Waals surface area contributed by atoms with Crippen molar-refractivity contribution < 1.29 is 14.7 Å². The van der Waals surface area contributed by atoms with Crippen molar-refractivity contribution in [1.29, 1.82) is 0 Å². The van der Waals surface area contributed by atoms with Gasteiger partial charge < -0.3 is 5.11 Å². The number of ketones is 1. The van der Waals surface area contributed by atoms with Crippen LogP contribution in [0, 0.1) is 10.5 Å². The van der Waals surface area contributed by atoms with Crippen molar-refractivity contribution in [3.05, 3.63) is 27.3 Å². The Kier molecular flexibility index (Phi) is 4.17. The lowest BCUT2D eigenvalue weighted by molar-refractivity contribution is -0.130. The fourth-order valence-corrected chi connectivity index (χ4v) is 1.79. The third-order valence-corrected chi connectivity index (χ3v) is 2.60. The van der Waals surface area contributed by atoms with Crippen molar-refractivity contribution >= 4 is 45.7 Å². The highest BCUT2D eigenvalue weighted by molar-refractivity contribution is 14.1. The van der Waals surface area contributed by atoms with Gasteiger partial charge in [-0.25, -0.2) is 9.79 Å². The molecule has 0 aliphatic carbocycles. The predicted octanol–water partition coefficient (Wildman–Crippen LogP) is 2.35. The standard InChI is InChI=1S/C11H10INO3/c1-6-5-8(12)3-4-9(6)13-10(7(2)14)11(15)16/h3-5H,1-2H3,(H,15,16). The van der Waals surface area contributed by atoms with E-state index in [1.807, 2.05) is 19.1 Å². The molecule has 1 aromatic carbocycles. The van der Waals surface area contributed by atoms with Crippen LogP contribution in [0.15, 0.2) is 23.2 Å². The Bertz CT molecular complexity index is 464. The average Bonchev–Trinajstić information content (AvgIpc) is 2.15. The summed E-state index contributed by atoms with van der Waals surface area (Å²) in [6.45, 7) is 3.01. The van der Waals surface area contributed by atoms with Gasteiger partial charge in [0.05, 0.1) is 5.69 Å². The van der Waals surface area contributed by atoms with Crippen LogP contribution in [-0.2, 0) is 9.59 Å². The first-order valence-electron chi connectivity index (χ1n) is 4.51. The third-order valence-electron chi connectivity index (χ3n) is 1.93. The molecule has 4 nitrogen and oxygen atoms in total. The summed E-state index contributed by atoms with van der Waals surface area (Å²) in [5, 5.41) is 8.80. The maximum atomic E-state index is 11.1. The van der Waals surface area contributed by atoms with Gasteiger partial charge in [0.15, 0.2) is 11.5 Å². The molecule has 0 aromatic heterocycles. The number of hydrogen-bond donors (Lipinski definition) is 1. The maximum absolute atomic E-state index is 11.1. The van der Waals surface area contributed by atoms with Crippen LogP contribution in [0.5, 0.6) is 0 Å². The van der Waals surface area contributed by atoms with Gasteiger partial charge in [-0.05, 0) is 53.3 Å². The molecule has 16 heavy (non-hydrogen) atoms. The van der Waals surface area contributed by atoms with Crippen LogP contribution in [-0.4, -0.2) is 22.6 Å². The number of aryl methyl sites for hydroxylation is 1. The van der Waals surface area contributed by atoms with Crippen LogP contribution >= 0.6 is 22.6 Å². The van der Waals surface area contributed by atoms with Crippen molar-refractivity contribution in [2.24, 2.45) is 4.99 Å². The van der Waals surface area contributed by atoms with Gasteiger partial charge in [0.25, 0.3) is 0 Å². The Labute approximate surface area is 107 Å². The minimum Gasteiger partial charge on any atom is -0.476 e. The van der Waals surface area contributed by atoms with Gasteiger partial charge in [-0.1, -0.05) is 0 Å². The summed E-state index contributed by atoms with van der Waals surface area (Å²) >= 11 is 2.15. The van der Waals surface area contributed by atoms with E-state index >= 15 is 0 Å². The molecule has 0 aliphatic rings. The fraction of sp³-hybridized carbons (Fsp3) is 0.182. The summed E-state index contributed by atoms with van der Waals surface area (Å²) in [7, 11) is 0. The van der Waals surface area contributed by atoms with Crippen molar-refractivity contribution in [1.82, 2.24) is 0 Å². The number of aliphatic carboxylic acids is 1. The molecular formula is C11H10INO3. The predicted molar refractivity (Wildman–Crippen MR) is 69.3 cm³/mol. The van der Waals surface area contributed by atoms with E-state index in [4.69, 9.17) is 5.11 Å². The van der Waals surface area contributed by atoms with Crippen molar-refractivity contribution in [3.8, 4) is 0 Å². The summed E-state index contributed by atoms with van der Waals surface area (Å²) in [5.41, 5.74) is 0.907. The minimum absolute atomic E-state index is 0.440. The molecule has 0 unspecified atom stereocenters. The molecule has 0 aliphatic heterocycles. The van der Waals surface area contributed by atoms with E-state index in [-0.39, 0.29) is 0 Å². The normalized spacial score (nSPS) is 11.3. The number of hydrogen-bond acceptors (Lipinski definition) is 3. The number of carboxylic acids is 1. The van der Waals surface area contributed by atoms with Gasteiger partial charge in [0, 0.05) is 10.5 Å². The lowest BCUT2D eigenvalue weighted by Gasteiger charge is -2.02. The summed E-state index contributed by atoms with van der Waals surface area (Å²) < 4.78 is 1.04. The van der Waals surface area contributed by atoms with Crippen LogP contribution in [0.25, 0.3) is 0 Å². The molecule has 0 amide bonds. The zero-order valence-electron chi connectivity index (χ0n) is 8.82. The average molecular weight is 331 g/mol. The number of carbonyl (C=O) groups excluding carboxylic acids is 1. The van der Waals surface area contributed by atoms with Gasteiger partial charge in [-0.3, -0.25) is 4.79 Å². The monoisotopic (exact) mass is 331 g/mol. The van der Waals surface area contributed by atoms with E-state index in [1.54, 1.807) is 6.07 Å². The van der Waals surface area contributed by atoms with E-state index in [9.17, 15) is 9.59 Å². The first-order valence-corrected chi connectivity index (χ1v) is 5.58. The number of halogens is 1. The van der Waals surface area contributed by atoms with Crippen LogP contribution in [0.2, 0.25) is 0 Å². The van der Waals surface area contributed by atoms with Crippen LogP contribution in [0.1, 0.15) is 12.5 Å². The van der Waals surface area contributed by atoms with Gasteiger partial charge in [0.1, 0.15) is 0 Å². The number of carbonyl (C=O) groups is 2. The highest BCUT2D eigenvalue weighted by Gasteiger charge is 2.15. The molecule has 0 radical (unpaired) electrons. The molecule has 1 aromatic rings. The number of Topliss-reactive ketones (excluding diaryl/α,β-unsaturated/α-hetero) is 1. The van der Waals surface area contributed by atoms with Gasteiger partial charge >= 0.3 is 5.97 Å². The Balaban J connectivity index is 3.23. The second-order valence-corrected chi connectivity index (χ2v) is 4.50. The van der Waals surface area contributed by atoms with Gasteiger partial charge in [0.2, 0.25) is 0 Å². The van der Waals surface area contributed by atoms with Crippen LogP contribution in [0.3, 0.4) is 0 Å². The first kappa shape index (κ1) is 12.8. The SMILES string of the molecule is CC(=O)C(=Nc1ccc(I)cc1C)C(=O)O. The first-order chi connectivity index (χ1) is 7.41. The number of rotatable bonds is 3. The largest absolute Gasteiger partial charge is 0.476 e. The van der Waals surface area contributed by atoms with Gasteiger partial charge in [-0.15, -0.1) is 0 Å². The summed E-state index contributed by atoms with van der Waals surface area (Å²) in [4.78, 5) is 25.7. The van der Waals surface area contributed by atoms with Gasteiger partial charge in [-0.2, -0.15) is 0 Å². The molecule has 0 spiro atoms. The quantitative estimate of drug-likeness (QED) is 0.525. The second-order valence-electron chi connectivity index (χ2n) is 3.25. The topological polar surface area (TPSA) is 66.7 Å². The number of benzene rings is 1. The maximum Gasteiger partial charge on any atom is 0.358 e. The molecule has 84 valence electrons. The highest BCUT2D eigenvalue weighted by atomic mass is 127. The minimum atomic E-state index is -1.30. The lowest BCUT2D eigenvalue weighted by atomic mass is 10.2. The summed E-state index contributed by atoms with van der Waals surface area (Å²) in [5.74, 6) is -1.85. The second kappa shape index (κ2) is 5.20. The molecule has 0 bridgehead atoms.